The van der Waals surface area contributed by atoms with Gasteiger partial charge in [0.1, 0.15) is 11.3 Å². The lowest BCUT2D eigenvalue weighted by Gasteiger charge is -2.08. The summed E-state index contributed by atoms with van der Waals surface area (Å²) >= 11 is 18.0. The van der Waals surface area contributed by atoms with Crippen LogP contribution < -0.4 is 4.74 Å². The van der Waals surface area contributed by atoms with Crippen LogP contribution in [0, 0.1) is 0 Å². The first-order valence-corrected chi connectivity index (χ1v) is 8.37. The van der Waals surface area contributed by atoms with Crippen molar-refractivity contribution in [1.29, 1.82) is 0 Å². The first-order chi connectivity index (χ1) is 12.1. The molecule has 0 saturated carbocycles. The molecule has 0 atom stereocenters. The molecule has 0 bridgehead atoms. The Balaban J connectivity index is 1.77. The third-order valence-corrected chi connectivity index (χ3v) is 4.07. The maximum atomic E-state index is 6.01. The number of ether oxygens (including phenoxy) is 1. The molecule has 2 heterocycles. The van der Waals surface area contributed by atoms with E-state index in [1.54, 1.807) is 54.7 Å². The maximum Gasteiger partial charge on any atom is 0.232 e. The molecule has 4 nitrogen and oxygen atoms in total. The summed E-state index contributed by atoms with van der Waals surface area (Å²) in [5.74, 6) is 1.18. The Bertz CT molecular complexity index is 1060. The molecule has 0 aliphatic heterocycles. The van der Waals surface area contributed by atoms with Gasteiger partial charge in [0.05, 0.1) is 5.56 Å². The van der Waals surface area contributed by atoms with Gasteiger partial charge >= 0.3 is 0 Å². The number of oxazole rings is 1. The van der Waals surface area contributed by atoms with Crippen LogP contribution in [0.15, 0.2) is 59.1 Å². The van der Waals surface area contributed by atoms with Crippen LogP contribution in [0.3, 0.4) is 0 Å². The van der Waals surface area contributed by atoms with Gasteiger partial charge in [0.15, 0.2) is 5.58 Å². The molecule has 0 spiro atoms. The summed E-state index contributed by atoms with van der Waals surface area (Å²) in [6.45, 7) is 0. The Hall–Kier alpha value is -2.27. The molecule has 0 aliphatic carbocycles. The van der Waals surface area contributed by atoms with Gasteiger partial charge in [-0.1, -0.05) is 34.8 Å². The number of aromatic nitrogens is 2. The Morgan fingerprint density at radius 2 is 1.68 bits per heavy atom. The van der Waals surface area contributed by atoms with Gasteiger partial charge in [0.2, 0.25) is 11.8 Å². The zero-order valence-corrected chi connectivity index (χ0v) is 14.8. The number of rotatable bonds is 3. The molecule has 124 valence electrons. The highest BCUT2D eigenvalue weighted by Crippen LogP contribution is 2.34. The highest BCUT2D eigenvalue weighted by Gasteiger charge is 2.15. The molecule has 0 fully saturated rings. The largest absolute Gasteiger partial charge is 0.438 e. The molecule has 7 heteroatoms. The van der Waals surface area contributed by atoms with E-state index in [-0.39, 0.29) is 0 Å². The second-order valence-corrected chi connectivity index (χ2v) is 6.50. The van der Waals surface area contributed by atoms with Crippen molar-refractivity contribution in [2.45, 2.75) is 0 Å². The first kappa shape index (κ1) is 16.2. The second-order valence-electron chi connectivity index (χ2n) is 5.19. The summed E-state index contributed by atoms with van der Waals surface area (Å²) in [6.07, 6.45) is 1.62. The van der Waals surface area contributed by atoms with Crippen LogP contribution in [0.5, 0.6) is 11.6 Å². The normalized spacial score (nSPS) is 11.0. The molecule has 25 heavy (non-hydrogen) atoms. The molecule has 0 amide bonds. The van der Waals surface area contributed by atoms with Crippen molar-refractivity contribution in [3.63, 3.8) is 0 Å². The van der Waals surface area contributed by atoms with Gasteiger partial charge in [0.25, 0.3) is 0 Å². The summed E-state index contributed by atoms with van der Waals surface area (Å²) in [5.41, 5.74) is 1.88. The van der Waals surface area contributed by atoms with Gasteiger partial charge < -0.3 is 9.15 Å². The SMILES string of the molecule is Clc1cc(Cl)cc(Oc2ncccc2-c2nc3cc(Cl)ccc3o2)c1. The third kappa shape index (κ3) is 3.42. The zero-order valence-electron chi connectivity index (χ0n) is 12.5. The van der Waals surface area contributed by atoms with Crippen LogP contribution in [-0.4, -0.2) is 9.97 Å². The lowest BCUT2D eigenvalue weighted by molar-refractivity contribution is 0.462. The van der Waals surface area contributed by atoms with Crippen LogP contribution >= 0.6 is 34.8 Å². The van der Waals surface area contributed by atoms with E-state index < -0.39 is 0 Å². The van der Waals surface area contributed by atoms with E-state index in [0.29, 0.717) is 49.3 Å². The topological polar surface area (TPSA) is 48.2 Å². The van der Waals surface area contributed by atoms with Gasteiger partial charge in [-0.25, -0.2) is 9.97 Å². The number of hydrogen-bond acceptors (Lipinski definition) is 4. The summed E-state index contributed by atoms with van der Waals surface area (Å²) in [5, 5.41) is 1.52. The second kappa shape index (κ2) is 6.56. The Kier molecular flexibility index (Phi) is 4.25. The zero-order chi connectivity index (χ0) is 17.4. The van der Waals surface area contributed by atoms with E-state index in [1.807, 2.05) is 0 Å². The van der Waals surface area contributed by atoms with Crippen LogP contribution in [-0.2, 0) is 0 Å². The number of hydrogen-bond donors (Lipinski definition) is 0. The Morgan fingerprint density at radius 3 is 2.48 bits per heavy atom. The van der Waals surface area contributed by atoms with Gasteiger partial charge in [0, 0.05) is 21.3 Å². The lowest BCUT2D eigenvalue weighted by atomic mass is 10.2. The average Bonchev–Trinajstić information content (AvgIpc) is 2.97. The fourth-order valence-corrected chi connectivity index (χ4v) is 3.02. The van der Waals surface area contributed by atoms with Crippen molar-refractivity contribution in [3.8, 4) is 23.1 Å². The van der Waals surface area contributed by atoms with Crippen molar-refractivity contribution in [2.24, 2.45) is 0 Å². The minimum Gasteiger partial charge on any atom is -0.438 e. The van der Waals surface area contributed by atoms with Crippen molar-refractivity contribution >= 4 is 45.9 Å². The molecule has 2 aromatic carbocycles. The molecule has 0 unspecified atom stereocenters. The van der Waals surface area contributed by atoms with E-state index in [1.165, 1.54) is 0 Å². The number of fused-ring (bicyclic) bond motifs is 1. The molecule has 4 rings (SSSR count). The quantitative estimate of drug-likeness (QED) is 0.392. The van der Waals surface area contributed by atoms with Crippen molar-refractivity contribution < 1.29 is 9.15 Å². The summed E-state index contributed by atoms with van der Waals surface area (Å²) in [6, 6.07) is 13.7. The standard InChI is InChI=1S/C18H9Cl3N2O2/c19-10-3-4-16-15(9-10)23-18(25-16)14-2-1-5-22-17(14)24-13-7-11(20)6-12(21)8-13/h1-9H. The number of pyridine rings is 1. The van der Waals surface area contributed by atoms with E-state index in [0.717, 1.165) is 0 Å². The molecule has 0 aliphatic rings. The van der Waals surface area contributed by atoms with E-state index in [4.69, 9.17) is 44.0 Å². The molecular formula is C18H9Cl3N2O2. The van der Waals surface area contributed by atoms with Gasteiger partial charge in [-0.3, -0.25) is 0 Å². The fourth-order valence-electron chi connectivity index (χ4n) is 2.35. The first-order valence-electron chi connectivity index (χ1n) is 7.24. The lowest BCUT2D eigenvalue weighted by Crippen LogP contribution is -1.91. The average molecular weight is 392 g/mol. The van der Waals surface area contributed by atoms with Gasteiger partial charge in [-0.2, -0.15) is 0 Å². The minimum absolute atomic E-state index is 0.332. The van der Waals surface area contributed by atoms with Crippen molar-refractivity contribution in [3.05, 3.63) is 69.8 Å². The van der Waals surface area contributed by atoms with E-state index in [2.05, 4.69) is 9.97 Å². The van der Waals surface area contributed by atoms with E-state index in [9.17, 15) is 0 Å². The van der Waals surface area contributed by atoms with Gasteiger partial charge in [-0.15, -0.1) is 0 Å². The molecule has 0 saturated heterocycles. The smallest absolute Gasteiger partial charge is 0.232 e. The summed E-state index contributed by atoms with van der Waals surface area (Å²) in [4.78, 5) is 8.72. The monoisotopic (exact) mass is 390 g/mol. The Morgan fingerprint density at radius 1 is 0.880 bits per heavy atom. The van der Waals surface area contributed by atoms with Crippen LogP contribution in [0.2, 0.25) is 15.1 Å². The van der Waals surface area contributed by atoms with Gasteiger partial charge in [-0.05, 0) is 48.5 Å². The molecule has 4 aromatic rings. The highest BCUT2D eigenvalue weighted by atomic mass is 35.5. The Labute approximate surface area is 157 Å². The fraction of sp³-hybridized carbons (Fsp3) is 0. The number of benzene rings is 2. The number of nitrogens with zero attached hydrogens (tertiary/aromatic N) is 2. The van der Waals surface area contributed by atoms with Crippen molar-refractivity contribution in [1.82, 2.24) is 9.97 Å². The van der Waals surface area contributed by atoms with Crippen LogP contribution in [0.4, 0.5) is 0 Å². The molecule has 0 radical (unpaired) electrons. The summed E-state index contributed by atoms with van der Waals surface area (Å²) in [7, 11) is 0. The maximum absolute atomic E-state index is 6.01. The highest BCUT2D eigenvalue weighted by molar-refractivity contribution is 6.34. The predicted molar refractivity (Wildman–Crippen MR) is 98.8 cm³/mol. The molecular weight excluding hydrogens is 383 g/mol. The van der Waals surface area contributed by atoms with Crippen LogP contribution in [0.1, 0.15) is 0 Å². The van der Waals surface area contributed by atoms with E-state index >= 15 is 0 Å². The predicted octanol–water partition coefficient (Wildman–Crippen LogP) is 6.64. The molecule has 2 aromatic heterocycles. The molecule has 0 N–H and O–H groups in total. The summed E-state index contributed by atoms with van der Waals surface area (Å²) < 4.78 is 11.6. The number of halogens is 3. The van der Waals surface area contributed by atoms with Crippen LogP contribution in [0.25, 0.3) is 22.6 Å². The minimum atomic E-state index is 0.332. The van der Waals surface area contributed by atoms with Crippen molar-refractivity contribution in [2.75, 3.05) is 0 Å². The third-order valence-electron chi connectivity index (χ3n) is 3.40.